The van der Waals surface area contributed by atoms with E-state index < -0.39 is 0 Å². The summed E-state index contributed by atoms with van der Waals surface area (Å²) in [6.45, 7) is 3.23. The monoisotopic (exact) mass is 288 g/mol. The van der Waals surface area contributed by atoms with E-state index in [4.69, 9.17) is 11.0 Å². The second-order valence-electron chi connectivity index (χ2n) is 5.35. The Morgan fingerprint density at radius 1 is 1.52 bits per heavy atom. The molecule has 1 saturated carbocycles. The van der Waals surface area contributed by atoms with Crippen molar-refractivity contribution < 1.29 is 4.92 Å². The molecule has 2 N–H and O–H groups in total. The molecular weight excluding hydrogens is 268 g/mol. The number of nitrogens with two attached hydrogens (primary N) is 1. The molecule has 0 heterocycles. The minimum atomic E-state index is -0.383. The fraction of sp³-hybridized carbons (Fsp3) is 0.533. The topological polar surface area (TPSA) is 96.2 Å². The van der Waals surface area contributed by atoms with Crippen molar-refractivity contribution in [2.24, 2.45) is 11.7 Å². The molecule has 2 rings (SSSR count). The van der Waals surface area contributed by atoms with Gasteiger partial charge in [0.25, 0.3) is 5.69 Å². The molecule has 112 valence electrons. The van der Waals surface area contributed by atoms with Crippen LogP contribution in [0.5, 0.6) is 0 Å². The van der Waals surface area contributed by atoms with Crippen LogP contribution < -0.4 is 10.6 Å². The van der Waals surface area contributed by atoms with E-state index in [0.717, 1.165) is 19.3 Å². The second-order valence-corrected chi connectivity index (χ2v) is 5.35. The van der Waals surface area contributed by atoms with Gasteiger partial charge in [-0.3, -0.25) is 10.1 Å². The first-order valence-corrected chi connectivity index (χ1v) is 7.27. The van der Waals surface area contributed by atoms with Crippen LogP contribution in [0.4, 0.5) is 11.4 Å². The quantitative estimate of drug-likeness (QED) is 0.663. The van der Waals surface area contributed by atoms with Gasteiger partial charge >= 0.3 is 0 Å². The second kappa shape index (κ2) is 6.55. The van der Waals surface area contributed by atoms with Gasteiger partial charge in [-0.25, -0.2) is 0 Å². The molecule has 6 heteroatoms. The van der Waals surface area contributed by atoms with E-state index in [1.807, 2.05) is 11.8 Å². The molecule has 0 radical (unpaired) electrons. The highest BCUT2D eigenvalue weighted by Crippen LogP contribution is 2.37. The van der Waals surface area contributed by atoms with Crippen LogP contribution in [0, 0.1) is 27.4 Å². The van der Waals surface area contributed by atoms with Crippen molar-refractivity contribution >= 4 is 11.4 Å². The molecule has 0 aromatic heterocycles. The van der Waals surface area contributed by atoms with Crippen molar-refractivity contribution in [2.45, 2.75) is 32.2 Å². The maximum Gasteiger partial charge on any atom is 0.292 e. The number of anilines is 1. The summed E-state index contributed by atoms with van der Waals surface area (Å²) >= 11 is 0. The van der Waals surface area contributed by atoms with Gasteiger partial charge < -0.3 is 10.6 Å². The van der Waals surface area contributed by atoms with Gasteiger partial charge in [0.2, 0.25) is 0 Å². The van der Waals surface area contributed by atoms with E-state index in [1.165, 1.54) is 12.1 Å². The zero-order valence-electron chi connectivity index (χ0n) is 12.2. The summed E-state index contributed by atoms with van der Waals surface area (Å²) in [5, 5.41) is 20.3. The minimum absolute atomic E-state index is 0.0542. The van der Waals surface area contributed by atoms with Gasteiger partial charge in [0, 0.05) is 18.7 Å². The summed E-state index contributed by atoms with van der Waals surface area (Å²) in [5.41, 5.74) is 6.87. The molecule has 1 aliphatic carbocycles. The summed E-state index contributed by atoms with van der Waals surface area (Å²) in [6.07, 6.45) is 3.14. The van der Waals surface area contributed by atoms with Crippen molar-refractivity contribution in [3.05, 3.63) is 33.9 Å². The number of hydrogen-bond donors (Lipinski definition) is 1. The Balaban J connectivity index is 2.45. The summed E-state index contributed by atoms with van der Waals surface area (Å²) < 4.78 is 0. The molecule has 6 nitrogen and oxygen atoms in total. The van der Waals surface area contributed by atoms with E-state index in [-0.39, 0.29) is 16.7 Å². The Kier molecular flexibility index (Phi) is 4.76. The van der Waals surface area contributed by atoms with Crippen LogP contribution in [0.15, 0.2) is 18.2 Å². The lowest BCUT2D eigenvalue weighted by molar-refractivity contribution is -0.384. The predicted octanol–water partition coefficient (Wildman–Crippen LogP) is 2.42. The first-order chi connectivity index (χ1) is 10.1. The van der Waals surface area contributed by atoms with Crippen LogP contribution >= 0.6 is 0 Å². The van der Waals surface area contributed by atoms with Crippen LogP contribution in [0.25, 0.3) is 0 Å². The minimum Gasteiger partial charge on any atom is -0.363 e. The van der Waals surface area contributed by atoms with E-state index in [0.29, 0.717) is 30.3 Å². The first kappa shape index (κ1) is 15.3. The number of nitro benzene ring substituents is 1. The van der Waals surface area contributed by atoms with Crippen LogP contribution in [0.1, 0.15) is 31.7 Å². The number of nitriles is 1. The van der Waals surface area contributed by atoms with Crippen LogP contribution in [0.3, 0.4) is 0 Å². The molecule has 1 aliphatic rings. The lowest BCUT2D eigenvalue weighted by atomic mass is 10.0. The Morgan fingerprint density at radius 2 is 2.29 bits per heavy atom. The summed E-state index contributed by atoms with van der Waals surface area (Å²) in [5.74, 6) is 0.357. The molecule has 1 fully saturated rings. The molecule has 2 unspecified atom stereocenters. The lowest BCUT2D eigenvalue weighted by Crippen LogP contribution is -2.40. The van der Waals surface area contributed by atoms with E-state index in [1.54, 1.807) is 6.07 Å². The molecule has 0 amide bonds. The maximum atomic E-state index is 11.3. The number of hydrogen-bond acceptors (Lipinski definition) is 5. The highest BCUT2D eigenvalue weighted by Gasteiger charge is 2.33. The third-order valence-electron chi connectivity index (χ3n) is 4.27. The number of nitro groups is 1. The zero-order valence-corrected chi connectivity index (χ0v) is 12.2. The number of nitrogens with zero attached hydrogens (tertiary/aromatic N) is 3. The van der Waals surface area contributed by atoms with Crippen LogP contribution in [-0.2, 0) is 0 Å². The average molecular weight is 288 g/mol. The Labute approximate surface area is 124 Å². The van der Waals surface area contributed by atoms with Gasteiger partial charge in [0.05, 0.1) is 16.6 Å². The molecule has 1 aromatic carbocycles. The molecular formula is C15H20N4O2. The standard InChI is InChI=1S/C15H20N4O2/c1-2-18(13-5-3-4-12(13)10-17)15-8-11(9-16)6-7-14(15)19(20)21/h6-8,12-13H,2-5,10,17H2,1H3. The normalized spacial score (nSPS) is 21.0. The van der Waals surface area contributed by atoms with Crippen LogP contribution in [0.2, 0.25) is 0 Å². The third kappa shape index (κ3) is 2.98. The molecule has 0 saturated heterocycles. The molecule has 0 spiro atoms. The van der Waals surface area contributed by atoms with Gasteiger partial charge in [-0.2, -0.15) is 5.26 Å². The average Bonchev–Trinajstić information content (AvgIpc) is 2.96. The van der Waals surface area contributed by atoms with Crippen molar-refractivity contribution in [3.8, 4) is 6.07 Å². The van der Waals surface area contributed by atoms with Gasteiger partial charge in [0.15, 0.2) is 0 Å². The highest BCUT2D eigenvalue weighted by molar-refractivity contribution is 5.66. The Hall–Kier alpha value is -2.13. The van der Waals surface area contributed by atoms with E-state index in [2.05, 4.69) is 6.07 Å². The molecule has 0 bridgehead atoms. The van der Waals surface area contributed by atoms with E-state index in [9.17, 15) is 10.1 Å². The molecule has 1 aromatic rings. The smallest absolute Gasteiger partial charge is 0.292 e. The lowest BCUT2D eigenvalue weighted by Gasteiger charge is -2.33. The summed E-state index contributed by atoms with van der Waals surface area (Å²) in [7, 11) is 0. The third-order valence-corrected chi connectivity index (χ3v) is 4.27. The van der Waals surface area contributed by atoms with E-state index >= 15 is 0 Å². The zero-order chi connectivity index (χ0) is 15.4. The van der Waals surface area contributed by atoms with Gasteiger partial charge in [-0.1, -0.05) is 6.42 Å². The fourth-order valence-electron chi connectivity index (χ4n) is 3.26. The summed E-state index contributed by atoms with van der Waals surface area (Å²) in [4.78, 5) is 12.9. The summed E-state index contributed by atoms with van der Waals surface area (Å²) in [6, 6.07) is 6.80. The van der Waals surface area contributed by atoms with Gasteiger partial charge in [0.1, 0.15) is 5.69 Å². The predicted molar refractivity (Wildman–Crippen MR) is 81.0 cm³/mol. The van der Waals surface area contributed by atoms with Gasteiger partial charge in [-0.15, -0.1) is 0 Å². The first-order valence-electron chi connectivity index (χ1n) is 7.27. The van der Waals surface area contributed by atoms with Crippen molar-refractivity contribution in [2.75, 3.05) is 18.0 Å². The molecule has 2 atom stereocenters. The Bertz CT molecular complexity index is 567. The fourth-order valence-corrected chi connectivity index (χ4v) is 3.26. The molecule has 21 heavy (non-hydrogen) atoms. The largest absolute Gasteiger partial charge is 0.363 e. The van der Waals surface area contributed by atoms with Crippen molar-refractivity contribution in [1.82, 2.24) is 0 Å². The number of rotatable bonds is 5. The van der Waals surface area contributed by atoms with Gasteiger partial charge in [-0.05, 0) is 44.4 Å². The number of benzene rings is 1. The molecule has 0 aliphatic heterocycles. The SMILES string of the molecule is CCN(c1cc(C#N)ccc1[N+](=O)[O-])C1CCCC1CN. The van der Waals surface area contributed by atoms with Crippen LogP contribution in [-0.4, -0.2) is 24.1 Å². The Morgan fingerprint density at radius 3 is 2.86 bits per heavy atom. The maximum absolute atomic E-state index is 11.3. The van der Waals surface area contributed by atoms with Crippen molar-refractivity contribution in [3.63, 3.8) is 0 Å². The van der Waals surface area contributed by atoms with Crippen molar-refractivity contribution in [1.29, 1.82) is 5.26 Å². The highest BCUT2D eigenvalue weighted by atomic mass is 16.6.